The van der Waals surface area contributed by atoms with Gasteiger partial charge in [0, 0.05) is 12.5 Å². The Labute approximate surface area is 113 Å². The monoisotopic (exact) mass is 269 g/mol. The molecule has 4 heteroatoms. The van der Waals surface area contributed by atoms with Gasteiger partial charge in [-0.1, -0.05) is 13.0 Å². The van der Waals surface area contributed by atoms with Crippen molar-refractivity contribution < 1.29 is 13.5 Å². The van der Waals surface area contributed by atoms with Gasteiger partial charge < -0.3 is 10.1 Å². The van der Waals surface area contributed by atoms with E-state index in [9.17, 15) is 8.78 Å². The molecule has 2 rings (SSSR count). The molecule has 0 aromatic heterocycles. The fourth-order valence-corrected chi connectivity index (χ4v) is 2.62. The lowest BCUT2D eigenvalue weighted by Gasteiger charge is -2.31. The normalized spacial score (nSPS) is 20.3. The van der Waals surface area contributed by atoms with Gasteiger partial charge in [0.05, 0.1) is 12.7 Å². The minimum Gasteiger partial charge on any atom is -0.496 e. The Morgan fingerprint density at radius 2 is 2.21 bits per heavy atom. The molecule has 1 fully saturated rings. The van der Waals surface area contributed by atoms with Crippen molar-refractivity contribution in [1.82, 2.24) is 5.32 Å². The van der Waals surface area contributed by atoms with Gasteiger partial charge in [-0.2, -0.15) is 0 Å². The van der Waals surface area contributed by atoms with E-state index >= 15 is 0 Å². The van der Waals surface area contributed by atoms with Crippen LogP contribution >= 0.6 is 0 Å². The number of benzene rings is 1. The van der Waals surface area contributed by atoms with Crippen LogP contribution in [0.15, 0.2) is 18.2 Å². The summed E-state index contributed by atoms with van der Waals surface area (Å²) < 4.78 is 34.5. The molecular weight excluding hydrogens is 248 g/mol. The summed E-state index contributed by atoms with van der Waals surface area (Å²) in [6.45, 7) is 3.16. The van der Waals surface area contributed by atoms with Gasteiger partial charge in [0.2, 0.25) is 0 Å². The molecule has 1 unspecified atom stereocenters. The molecule has 0 amide bonds. The average Bonchev–Trinajstić information content (AvgIpc) is 2.47. The Bertz CT molecular complexity index is 428. The fourth-order valence-electron chi connectivity index (χ4n) is 2.62. The van der Waals surface area contributed by atoms with Crippen LogP contribution in [0, 0.1) is 5.92 Å². The van der Waals surface area contributed by atoms with Crippen LogP contribution in [0.2, 0.25) is 0 Å². The molecule has 0 aliphatic carbocycles. The zero-order valence-electron chi connectivity index (χ0n) is 11.5. The zero-order valence-corrected chi connectivity index (χ0v) is 11.5. The van der Waals surface area contributed by atoms with E-state index in [0.29, 0.717) is 13.0 Å². The summed E-state index contributed by atoms with van der Waals surface area (Å²) in [7, 11) is 1.44. The molecule has 1 aromatic carbocycles. The smallest absolute Gasteiger partial charge is 0.280 e. The van der Waals surface area contributed by atoms with E-state index in [4.69, 9.17) is 4.74 Å². The number of halogens is 2. The second kappa shape index (κ2) is 5.87. The minimum atomic E-state index is -2.84. The first-order valence-corrected chi connectivity index (χ1v) is 6.85. The summed E-state index contributed by atoms with van der Waals surface area (Å²) in [6.07, 6.45) is 2.10. The maximum Gasteiger partial charge on any atom is 0.280 e. The third kappa shape index (κ3) is 2.89. The predicted molar refractivity (Wildman–Crippen MR) is 71.9 cm³/mol. The first-order chi connectivity index (χ1) is 9.09. The van der Waals surface area contributed by atoms with Crippen LogP contribution in [0.5, 0.6) is 5.75 Å². The van der Waals surface area contributed by atoms with E-state index in [1.165, 1.54) is 7.11 Å². The summed E-state index contributed by atoms with van der Waals surface area (Å²) >= 11 is 0. The topological polar surface area (TPSA) is 21.3 Å². The molecule has 1 heterocycles. The zero-order chi connectivity index (χ0) is 13.9. The van der Waals surface area contributed by atoms with E-state index in [1.54, 1.807) is 12.1 Å². The van der Waals surface area contributed by atoms with E-state index in [-0.39, 0.29) is 11.3 Å². The quantitative estimate of drug-likeness (QED) is 0.905. The molecule has 2 nitrogen and oxygen atoms in total. The SMILES string of the molecule is CCc1ccc(OC)c(C(F)(F)C2CCCNC2)c1. The first kappa shape index (κ1) is 14.3. The molecule has 1 atom stereocenters. The Morgan fingerprint density at radius 3 is 2.79 bits per heavy atom. The molecule has 0 spiro atoms. The van der Waals surface area contributed by atoms with E-state index in [0.717, 1.165) is 24.9 Å². The van der Waals surface area contributed by atoms with Gasteiger partial charge in [-0.25, -0.2) is 8.78 Å². The third-order valence-corrected chi connectivity index (χ3v) is 3.84. The van der Waals surface area contributed by atoms with Crippen LogP contribution in [0.4, 0.5) is 8.78 Å². The second-order valence-corrected chi connectivity index (χ2v) is 5.05. The standard InChI is InChI=1S/C15H21F2NO/c1-3-11-6-7-14(19-2)13(9-11)15(16,17)12-5-4-8-18-10-12/h6-7,9,12,18H,3-5,8,10H2,1-2H3. The Balaban J connectivity index is 2.36. The summed E-state index contributed by atoms with van der Waals surface area (Å²) in [6, 6.07) is 5.09. The Morgan fingerprint density at radius 1 is 1.42 bits per heavy atom. The van der Waals surface area contributed by atoms with Gasteiger partial charge in [-0.05, 0) is 43.5 Å². The Hall–Kier alpha value is -1.16. The number of nitrogens with one attached hydrogen (secondary N) is 1. The van der Waals surface area contributed by atoms with Gasteiger partial charge in [0.1, 0.15) is 5.75 Å². The molecular formula is C15H21F2NO. The van der Waals surface area contributed by atoms with Gasteiger partial charge >= 0.3 is 0 Å². The van der Waals surface area contributed by atoms with Gasteiger partial charge in [0.15, 0.2) is 0 Å². The summed E-state index contributed by atoms with van der Waals surface area (Å²) in [5.41, 5.74) is 0.947. The average molecular weight is 269 g/mol. The third-order valence-electron chi connectivity index (χ3n) is 3.84. The lowest BCUT2D eigenvalue weighted by atomic mass is 9.87. The largest absolute Gasteiger partial charge is 0.496 e. The van der Waals surface area contributed by atoms with Crippen LogP contribution in [0.25, 0.3) is 0 Å². The highest BCUT2D eigenvalue weighted by Crippen LogP contribution is 2.43. The molecule has 1 aromatic rings. The summed E-state index contributed by atoms with van der Waals surface area (Å²) in [5, 5.41) is 3.06. The maximum absolute atomic E-state index is 14.7. The highest BCUT2D eigenvalue weighted by Gasteiger charge is 2.43. The maximum atomic E-state index is 14.7. The van der Waals surface area contributed by atoms with Crippen LogP contribution in [-0.2, 0) is 12.3 Å². The van der Waals surface area contributed by atoms with E-state index in [2.05, 4.69) is 5.32 Å². The minimum absolute atomic E-state index is 0.0306. The van der Waals surface area contributed by atoms with Crippen molar-refractivity contribution in [1.29, 1.82) is 0 Å². The molecule has 19 heavy (non-hydrogen) atoms. The van der Waals surface area contributed by atoms with Crippen molar-refractivity contribution in [3.8, 4) is 5.75 Å². The lowest BCUT2D eigenvalue weighted by molar-refractivity contribution is -0.0740. The van der Waals surface area contributed by atoms with Crippen molar-refractivity contribution in [3.63, 3.8) is 0 Å². The van der Waals surface area contributed by atoms with E-state index < -0.39 is 11.8 Å². The van der Waals surface area contributed by atoms with Crippen LogP contribution in [0.3, 0.4) is 0 Å². The summed E-state index contributed by atoms with van der Waals surface area (Å²) in [5.74, 6) is -3.21. The van der Waals surface area contributed by atoms with Crippen molar-refractivity contribution in [2.45, 2.75) is 32.1 Å². The lowest BCUT2D eigenvalue weighted by Crippen LogP contribution is -2.39. The molecule has 0 radical (unpaired) electrons. The number of alkyl halides is 2. The summed E-state index contributed by atoms with van der Waals surface area (Å²) in [4.78, 5) is 0. The number of hydrogen-bond donors (Lipinski definition) is 1. The van der Waals surface area contributed by atoms with Crippen molar-refractivity contribution in [3.05, 3.63) is 29.3 Å². The number of rotatable bonds is 4. The van der Waals surface area contributed by atoms with Crippen LogP contribution in [-0.4, -0.2) is 20.2 Å². The van der Waals surface area contributed by atoms with Gasteiger partial charge in [-0.3, -0.25) is 0 Å². The number of methoxy groups -OCH3 is 1. The molecule has 0 saturated carbocycles. The molecule has 106 valence electrons. The molecule has 1 saturated heterocycles. The molecule has 0 bridgehead atoms. The van der Waals surface area contributed by atoms with Gasteiger partial charge in [-0.15, -0.1) is 0 Å². The highest BCUT2D eigenvalue weighted by atomic mass is 19.3. The van der Waals surface area contributed by atoms with Crippen molar-refractivity contribution in [2.24, 2.45) is 5.92 Å². The second-order valence-electron chi connectivity index (χ2n) is 5.05. The van der Waals surface area contributed by atoms with Gasteiger partial charge in [0.25, 0.3) is 5.92 Å². The number of aryl methyl sites for hydroxylation is 1. The number of hydrogen-bond acceptors (Lipinski definition) is 2. The van der Waals surface area contributed by atoms with Crippen LogP contribution in [0.1, 0.15) is 30.9 Å². The van der Waals surface area contributed by atoms with E-state index in [1.807, 2.05) is 13.0 Å². The first-order valence-electron chi connectivity index (χ1n) is 6.85. The number of piperidine rings is 1. The number of ether oxygens (including phenoxy) is 1. The molecule has 1 N–H and O–H groups in total. The molecule has 1 aliphatic rings. The van der Waals surface area contributed by atoms with Crippen molar-refractivity contribution in [2.75, 3.05) is 20.2 Å². The highest BCUT2D eigenvalue weighted by molar-refractivity contribution is 5.40. The van der Waals surface area contributed by atoms with Crippen LogP contribution < -0.4 is 10.1 Å². The molecule has 1 aliphatic heterocycles. The predicted octanol–water partition coefficient (Wildman–Crippen LogP) is 3.35. The fraction of sp³-hybridized carbons (Fsp3) is 0.600. The van der Waals surface area contributed by atoms with Crippen molar-refractivity contribution >= 4 is 0 Å². The Kier molecular flexibility index (Phi) is 4.40.